The van der Waals surface area contributed by atoms with Crippen LogP contribution >= 0.6 is 0 Å². The van der Waals surface area contributed by atoms with Crippen LogP contribution in [0.4, 0.5) is 5.69 Å². The number of hydrogen-bond donors (Lipinski definition) is 1. The third kappa shape index (κ3) is 5.25. The van der Waals surface area contributed by atoms with Gasteiger partial charge >= 0.3 is 0 Å². The minimum atomic E-state index is -0.214. The monoisotopic (exact) mass is 392 g/mol. The number of ether oxygens (including phenoxy) is 1. The average molecular weight is 392 g/mol. The standard InChI is InChI=1S/C24H28N2O3/c1-26(23(27)17-16-18-10-6-9-15-22(18)29-2)21-14-8-7-13-20(21)24(28)25-19-11-4-3-5-12-19/h6-10,13-17,19H,3-5,11-12H2,1-2H3,(H,25,28). The molecule has 0 spiro atoms. The Bertz CT molecular complexity index is 885. The van der Waals surface area contributed by atoms with E-state index in [0.717, 1.165) is 31.2 Å². The maximum Gasteiger partial charge on any atom is 0.253 e. The summed E-state index contributed by atoms with van der Waals surface area (Å²) in [6.07, 6.45) is 8.79. The number of methoxy groups -OCH3 is 1. The molecule has 5 heteroatoms. The van der Waals surface area contributed by atoms with E-state index in [2.05, 4.69) is 5.32 Å². The van der Waals surface area contributed by atoms with Crippen LogP contribution in [0.25, 0.3) is 6.08 Å². The summed E-state index contributed by atoms with van der Waals surface area (Å²) in [7, 11) is 3.28. The Morgan fingerprint density at radius 2 is 1.72 bits per heavy atom. The van der Waals surface area contributed by atoms with Gasteiger partial charge in [-0.15, -0.1) is 0 Å². The molecule has 2 amide bonds. The third-order valence-electron chi connectivity index (χ3n) is 5.33. The number of benzene rings is 2. The molecule has 0 saturated heterocycles. The number of carbonyl (C=O) groups excluding carboxylic acids is 2. The molecule has 3 rings (SSSR count). The van der Waals surface area contributed by atoms with Crippen molar-refractivity contribution >= 4 is 23.6 Å². The van der Waals surface area contributed by atoms with Crippen LogP contribution in [0, 0.1) is 0 Å². The normalized spacial score (nSPS) is 14.6. The van der Waals surface area contributed by atoms with Crippen LogP contribution in [0.2, 0.25) is 0 Å². The molecule has 0 unspecified atom stereocenters. The maximum atomic E-state index is 12.8. The number of nitrogens with zero attached hydrogens (tertiary/aromatic N) is 1. The predicted molar refractivity (Wildman–Crippen MR) is 116 cm³/mol. The molecule has 152 valence electrons. The lowest BCUT2D eigenvalue weighted by molar-refractivity contribution is -0.113. The second-order valence-corrected chi connectivity index (χ2v) is 7.30. The van der Waals surface area contributed by atoms with Crippen LogP contribution in [-0.2, 0) is 4.79 Å². The van der Waals surface area contributed by atoms with Crippen molar-refractivity contribution in [1.29, 1.82) is 0 Å². The Hall–Kier alpha value is -3.08. The van der Waals surface area contributed by atoms with E-state index in [1.54, 1.807) is 32.4 Å². The number of nitrogens with one attached hydrogen (secondary N) is 1. The first-order valence-corrected chi connectivity index (χ1v) is 10.1. The summed E-state index contributed by atoms with van der Waals surface area (Å²) < 4.78 is 5.32. The number of carbonyl (C=O) groups is 2. The van der Waals surface area contributed by atoms with E-state index in [1.807, 2.05) is 36.4 Å². The number of anilines is 1. The fraction of sp³-hybridized carbons (Fsp3) is 0.333. The van der Waals surface area contributed by atoms with E-state index in [0.29, 0.717) is 17.0 Å². The van der Waals surface area contributed by atoms with Crippen LogP contribution < -0.4 is 15.0 Å². The van der Waals surface area contributed by atoms with E-state index in [-0.39, 0.29) is 17.9 Å². The van der Waals surface area contributed by atoms with Gasteiger partial charge in [0.05, 0.1) is 18.4 Å². The molecule has 1 saturated carbocycles. The summed E-state index contributed by atoms with van der Waals surface area (Å²) in [5, 5.41) is 3.13. The molecule has 5 nitrogen and oxygen atoms in total. The van der Waals surface area contributed by atoms with Crippen molar-refractivity contribution in [2.24, 2.45) is 0 Å². The van der Waals surface area contributed by atoms with Crippen LogP contribution in [0.5, 0.6) is 5.75 Å². The van der Waals surface area contributed by atoms with Crippen LogP contribution in [-0.4, -0.2) is 32.0 Å². The highest BCUT2D eigenvalue weighted by Gasteiger charge is 2.21. The summed E-state index contributed by atoms with van der Waals surface area (Å²) in [6, 6.07) is 14.9. The lowest BCUT2D eigenvalue weighted by atomic mass is 9.95. The number of hydrogen-bond acceptors (Lipinski definition) is 3. The molecule has 29 heavy (non-hydrogen) atoms. The van der Waals surface area contributed by atoms with Crippen molar-refractivity contribution in [2.75, 3.05) is 19.1 Å². The van der Waals surface area contributed by atoms with Gasteiger partial charge in [-0.05, 0) is 37.1 Å². The van der Waals surface area contributed by atoms with Crippen LogP contribution in [0.1, 0.15) is 48.0 Å². The first-order chi connectivity index (χ1) is 14.1. The van der Waals surface area contributed by atoms with Crippen molar-refractivity contribution in [3.05, 3.63) is 65.7 Å². The van der Waals surface area contributed by atoms with Gasteiger partial charge in [0.15, 0.2) is 0 Å². The van der Waals surface area contributed by atoms with Gasteiger partial charge in [-0.3, -0.25) is 9.59 Å². The molecule has 0 bridgehead atoms. The second-order valence-electron chi connectivity index (χ2n) is 7.30. The number of rotatable bonds is 6. The smallest absolute Gasteiger partial charge is 0.253 e. The number of likely N-dealkylation sites (N-methyl/N-ethyl adjacent to an activating group) is 1. The highest BCUT2D eigenvalue weighted by Crippen LogP contribution is 2.23. The summed E-state index contributed by atoms with van der Waals surface area (Å²) in [6.45, 7) is 0. The minimum absolute atomic E-state index is 0.124. The van der Waals surface area contributed by atoms with Gasteiger partial charge < -0.3 is 15.0 Å². The Morgan fingerprint density at radius 3 is 2.48 bits per heavy atom. The molecule has 2 aromatic carbocycles. The Morgan fingerprint density at radius 1 is 1.03 bits per heavy atom. The highest BCUT2D eigenvalue weighted by atomic mass is 16.5. The first kappa shape index (κ1) is 20.6. The zero-order valence-corrected chi connectivity index (χ0v) is 17.1. The third-order valence-corrected chi connectivity index (χ3v) is 5.33. The summed E-state index contributed by atoms with van der Waals surface area (Å²) in [4.78, 5) is 27.1. The highest BCUT2D eigenvalue weighted by molar-refractivity contribution is 6.08. The SMILES string of the molecule is COc1ccccc1C=CC(=O)N(C)c1ccccc1C(=O)NC1CCCCC1. The molecule has 2 aromatic rings. The van der Waals surface area contributed by atoms with Gasteiger partial charge in [-0.1, -0.05) is 49.6 Å². The zero-order valence-electron chi connectivity index (χ0n) is 17.1. The quantitative estimate of drug-likeness (QED) is 0.740. The summed E-state index contributed by atoms with van der Waals surface area (Å²) in [5.74, 6) is 0.362. The molecular formula is C24H28N2O3. The molecule has 0 aromatic heterocycles. The molecule has 1 N–H and O–H groups in total. The topological polar surface area (TPSA) is 58.6 Å². The van der Waals surface area contributed by atoms with E-state index in [1.165, 1.54) is 17.4 Å². The summed E-state index contributed by atoms with van der Waals surface area (Å²) >= 11 is 0. The minimum Gasteiger partial charge on any atom is -0.496 e. The lowest BCUT2D eigenvalue weighted by Gasteiger charge is -2.24. The molecular weight excluding hydrogens is 364 g/mol. The van der Waals surface area contributed by atoms with Crippen molar-refractivity contribution in [1.82, 2.24) is 5.32 Å². The van der Waals surface area contributed by atoms with Gasteiger partial charge in [-0.25, -0.2) is 0 Å². The zero-order chi connectivity index (χ0) is 20.6. The number of para-hydroxylation sites is 2. The molecule has 0 aliphatic heterocycles. The number of amides is 2. The van der Waals surface area contributed by atoms with E-state index in [9.17, 15) is 9.59 Å². The summed E-state index contributed by atoms with van der Waals surface area (Å²) in [5.41, 5.74) is 1.93. The molecule has 0 heterocycles. The van der Waals surface area contributed by atoms with Gasteiger partial charge in [0.2, 0.25) is 0 Å². The van der Waals surface area contributed by atoms with Crippen molar-refractivity contribution in [2.45, 2.75) is 38.1 Å². The Balaban J connectivity index is 1.74. The van der Waals surface area contributed by atoms with Crippen molar-refractivity contribution in [3.8, 4) is 5.75 Å². The Labute approximate surface area is 172 Å². The first-order valence-electron chi connectivity index (χ1n) is 10.1. The van der Waals surface area contributed by atoms with E-state index >= 15 is 0 Å². The van der Waals surface area contributed by atoms with Gasteiger partial charge in [0.1, 0.15) is 5.75 Å². The molecule has 1 aliphatic carbocycles. The molecule has 1 aliphatic rings. The lowest BCUT2D eigenvalue weighted by Crippen LogP contribution is -2.37. The second kappa shape index (κ2) is 9.92. The van der Waals surface area contributed by atoms with E-state index in [4.69, 9.17) is 4.74 Å². The van der Waals surface area contributed by atoms with E-state index < -0.39 is 0 Å². The van der Waals surface area contributed by atoms with Crippen LogP contribution in [0.3, 0.4) is 0 Å². The van der Waals surface area contributed by atoms with Crippen molar-refractivity contribution < 1.29 is 14.3 Å². The predicted octanol–water partition coefficient (Wildman–Crippen LogP) is 4.43. The molecule has 0 radical (unpaired) electrons. The Kier molecular flexibility index (Phi) is 7.06. The van der Waals surface area contributed by atoms with Gasteiger partial charge in [-0.2, -0.15) is 0 Å². The maximum absolute atomic E-state index is 12.8. The fourth-order valence-corrected chi connectivity index (χ4v) is 3.66. The average Bonchev–Trinajstić information content (AvgIpc) is 2.77. The largest absolute Gasteiger partial charge is 0.496 e. The van der Waals surface area contributed by atoms with Gasteiger partial charge in [0, 0.05) is 24.7 Å². The van der Waals surface area contributed by atoms with Crippen molar-refractivity contribution in [3.63, 3.8) is 0 Å². The van der Waals surface area contributed by atoms with Gasteiger partial charge in [0.25, 0.3) is 11.8 Å². The molecule has 0 atom stereocenters. The van der Waals surface area contributed by atoms with Crippen LogP contribution in [0.15, 0.2) is 54.6 Å². The molecule has 1 fully saturated rings. The fourth-order valence-electron chi connectivity index (χ4n) is 3.66.